The van der Waals surface area contributed by atoms with Crippen LogP contribution in [0.4, 0.5) is 5.69 Å². The normalized spacial score (nSPS) is 18.8. The molecule has 0 spiro atoms. The highest BCUT2D eigenvalue weighted by atomic mass is 32.2. The van der Waals surface area contributed by atoms with Crippen molar-refractivity contribution in [1.29, 1.82) is 0 Å². The fourth-order valence-corrected chi connectivity index (χ4v) is 4.62. The van der Waals surface area contributed by atoms with Gasteiger partial charge in [-0.15, -0.1) is 0 Å². The fraction of sp³-hybridized carbons (Fsp3) is 0.588. The number of nitrogens with one attached hydrogen (secondary N) is 1. The highest BCUT2D eigenvalue weighted by Crippen LogP contribution is 2.33. The molecule has 24 heavy (non-hydrogen) atoms. The Labute approximate surface area is 144 Å². The molecule has 0 radical (unpaired) electrons. The van der Waals surface area contributed by atoms with Crippen molar-refractivity contribution in [1.82, 2.24) is 4.72 Å². The van der Waals surface area contributed by atoms with E-state index in [0.29, 0.717) is 18.8 Å². The van der Waals surface area contributed by atoms with E-state index < -0.39 is 10.0 Å². The van der Waals surface area contributed by atoms with E-state index in [1.54, 1.807) is 23.1 Å². The second-order valence-corrected chi connectivity index (χ2v) is 8.63. The Morgan fingerprint density at radius 2 is 2.08 bits per heavy atom. The smallest absolute Gasteiger partial charge is 0.240 e. The Bertz CT molecular complexity index is 716. The summed E-state index contributed by atoms with van der Waals surface area (Å²) in [5.74, 6) is 0.321. The van der Waals surface area contributed by atoms with Crippen molar-refractivity contribution in [2.45, 2.75) is 57.5 Å². The first-order chi connectivity index (χ1) is 11.2. The average molecular weight is 353 g/mol. The van der Waals surface area contributed by atoms with Crippen LogP contribution in [0.1, 0.15) is 39.7 Å². The Hall–Kier alpha value is -1.44. The molecule has 0 aromatic heterocycles. The number of nitrogens with zero attached hydrogens (tertiary/aromatic N) is 1. The highest BCUT2D eigenvalue weighted by molar-refractivity contribution is 7.89. The van der Waals surface area contributed by atoms with E-state index in [1.165, 1.54) is 6.92 Å². The van der Waals surface area contributed by atoms with Crippen molar-refractivity contribution < 1.29 is 13.2 Å². The molecule has 0 bridgehead atoms. The zero-order valence-corrected chi connectivity index (χ0v) is 15.6. The minimum absolute atomic E-state index is 0.0323. The van der Waals surface area contributed by atoms with Crippen molar-refractivity contribution in [3.63, 3.8) is 0 Å². The third kappa shape index (κ3) is 3.96. The largest absolute Gasteiger partial charge is 0.329 e. The van der Waals surface area contributed by atoms with Crippen molar-refractivity contribution in [2.75, 3.05) is 11.4 Å². The van der Waals surface area contributed by atoms with Crippen LogP contribution in [-0.2, 0) is 21.2 Å². The fourth-order valence-electron chi connectivity index (χ4n) is 3.30. The van der Waals surface area contributed by atoms with Gasteiger partial charge in [0, 0.05) is 31.2 Å². The van der Waals surface area contributed by atoms with E-state index in [4.69, 9.17) is 5.73 Å². The molecule has 6 nitrogen and oxygen atoms in total. The Balaban J connectivity index is 2.27. The van der Waals surface area contributed by atoms with E-state index >= 15 is 0 Å². The van der Waals surface area contributed by atoms with E-state index in [1.807, 2.05) is 20.8 Å². The summed E-state index contributed by atoms with van der Waals surface area (Å²) < 4.78 is 28.0. The molecule has 2 rings (SSSR count). The van der Waals surface area contributed by atoms with E-state index in [2.05, 4.69) is 4.72 Å². The molecule has 3 N–H and O–H groups in total. The third-order valence-corrected chi connectivity index (χ3v) is 5.80. The standard InChI is InChI=1S/C17H27N3O3S/c1-11(2)7-15(10-18)19-24(22,23)16-5-6-17-14(9-16)8-12(3)20(17)13(4)21/h5-6,9,11-12,15,19H,7-8,10,18H2,1-4H3. The van der Waals surface area contributed by atoms with Crippen LogP contribution in [0.5, 0.6) is 0 Å². The molecule has 134 valence electrons. The zero-order valence-electron chi connectivity index (χ0n) is 14.7. The van der Waals surface area contributed by atoms with Gasteiger partial charge in [0.15, 0.2) is 0 Å². The van der Waals surface area contributed by atoms with Gasteiger partial charge in [0.1, 0.15) is 0 Å². The van der Waals surface area contributed by atoms with Gasteiger partial charge in [0.2, 0.25) is 15.9 Å². The zero-order chi connectivity index (χ0) is 18.1. The number of sulfonamides is 1. The van der Waals surface area contributed by atoms with Crippen LogP contribution in [0, 0.1) is 5.92 Å². The number of amides is 1. The minimum atomic E-state index is -3.63. The van der Waals surface area contributed by atoms with Crippen LogP contribution in [0.25, 0.3) is 0 Å². The molecule has 1 aliphatic heterocycles. The van der Waals surface area contributed by atoms with E-state index in [-0.39, 0.29) is 29.4 Å². The van der Waals surface area contributed by atoms with Crippen molar-refractivity contribution in [3.05, 3.63) is 23.8 Å². The maximum absolute atomic E-state index is 12.6. The van der Waals surface area contributed by atoms with Crippen molar-refractivity contribution in [3.8, 4) is 0 Å². The van der Waals surface area contributed by atoms with Gasteiger partial charge in [0.05, 0.1) is 4.90 Å². The summed E-state index contributed by atoms with van der Waals surface area (Å²) in [4.78, 5) is 13.7. The first-order valence-electron chi connectivity index (χ1n) is 8.30. The van der Waals surface area contributed by atoms with Gasteiger partial charge < -0.3 is 10.6 Å². The van der Waals surface area contributed by atoms with Crippen LogP contribution in [0.2, 0.25) is 0 Å². The second kappa shape index (κ2) is 7.21. The summed E-state index contributed by atoms with van der Waals surface area (Å²) >= 11 is 0. The van der Waals surface area contributed by atoms with Crippen LogP contribution in [-0.4, -0.2) is 33.0 Å². The number of nitrogens with two attached hydrogens (primary N) is 1. The molecule has 0 aliphatic carbocycles. The maximum Gasteiger partial charge on any atom is 0.240 e. The van der Waals surface area contributed by atoms with Crippen LogP contribution < -0.4 is 15.4 Å². The number of hydrogen-bond acceptors (Lipinski definition) is 4. The molecule has 2 atom stereocenters. The molecule has 2 unspecified atom stereocenters. The average Bonchev–Trinajstić information content (AvgIpc) is 2.80. The number of rotatable bonds is 6. The minimum Gasteiger partial charge on any atom is -0.329 e. The van der Waals surface area contributed by atoms with Gasteiger partial charge in [-0.3, -0.25) is 4.79 Å². The Kier molecular flexibility index (Phi) is 5.67. The van der Waals surface area contributed by atoms with Crippen LogP contribution in [0.15, 0.2) is 23.1 Å². The lowest BCUT2D eigenvalue weighted by Gasteiger charge is -2.21. The first-order valence-corrected chi connectivity index (χ1v) is 9.79. The summed E-state index contributed by atoms with van der Waals surface area (Å²) in [6.07, 6.45) is 1.35. The molecular weight excluding hydrogens is 326 g/mol. The molecular formula is C17H27N3O3S. The van der Waals surface area contributed by atoms with Gasteiger partial charge in [-0.25, -0.2) is 13.1 Å². The Morgan fingerprint density at radius 1 is 1.42 bits per heavy atom. The SMILES string of the molecule is CC(=O)N1c2ccc(S(=O)(=O)NC(CN)CC(C)C)cc2CC1C. The van der Waals surface area contributed by atoms with Crippen LogP contribution >= 0.6 is 0 Å². The lowest BCUT2D eigenvalue weighted by atomic mass is 10.1. The number of carbonyl (C=O) groups excluding carboxylic acids is 1. The lowest BCUT2D eigenvalue weighted by Crippen LogP contribution is -2.41. The predicted molar refractivity (Wildman–Crippen MR) is 95.4 cm³/mol. The number of anilines is 1. The summed E-state index contributed by atoms with van der Waals surface area (Å²) in [5.41, 5.74) is 7.38. The first kappa shape index (κ1) is 18.9. The number of hydrogen-bond donors (Lipinski definition) is 2. The molecule has 0 saturated carbocycles. The van der Waals surface area contributed by atoms with Gasteiger partial charge >= 0.3 is 0 Å². The molecule has 1 heterocycles. The van der Waals surface area contributed by atoms with E-state index in [9.17, 15) is 13.2 Å². The van der Waals surface area contributed by atoms with Gasteiger partial charge in [0.25, 0.3) is 0 Å². The highest BCUT2D eigenvalue weighted by Gasteiger charge is 2.30. The van der Waals surface area contributed by atoms with Crippen molar-refractivity contribution in [2.24, 2.45) is 11.7 Å². The lowest BCUT2D eigenvalue weighted by molar-refractivity contribution is -0.116. The molecule has 1 aromatic rings. The summed E-state index contributed by atoms with van der Waals surface area (Å²) in [6, 6.07) is 4.70. The molecule has 7 heteroatoms. The molecule has 1 aliphatic rings. The number of fused-ring (bicyclic) bond motifs is 1. The van der Waals surface area contributed by atoms with Gasteiger partial charge in [-0.05, 0) is 49.4 Å². The second-order valence-electron chi connectivity index (χ2n) is 6.92. The van der Waals surface area contributed by atoms with Gasteiger partial charge in [-0.1, -0.05) is 13.8 Å². The summed E-state index contributed by atoms with van der Waals surface area (Å²) in [5, 5.41) is 0. The van der Waals surface area contributed by atoms with Gasteiger partial charge in [-0.2, -0.15) is 0 Å². The Morgan fingerprint density at radius 3 is 2.62 bits per heavy atom. The van der Waals surface area contributed by atoms with E-state index in [0.717, 1.165) is 11.3 Å². The maximum atomic E-state index is 12.6. The molecule has 1 amide bonds. The molecule has 1 aromatic carbocycles. The third-order valence-electron chi connectivity index (χ3n) is 4.28. The summed E-state index contributed by atoms with van der Waals surface area (Å²) in [7, 11) is -3.63. The number of benzene rings is 1. The predicted octanol–water partition coefficient (Wildman–Crippen LogP) is 1.64. The quantitative estimate of drug-likeness (QED) is 0.813. The number of carbonyl (C=O) groups is 1. The summed E-state index contributed by atoms with van der Waals surface area (Å²) in [6.45, 7) is 7.81. The van der Waals surface area contributed by atoms with Crippen molar-refractivity contribution >= 4 is 21.6 Å². The molecule has 0 saturated heterocycles. The monoisotopic (exact) mass is 353 g/mol. The molecule has 0 fully saturated rings. The van der Waals surface area contributed by atoms with Crippen LogP contribution in [0.3, 0.4) is 0 Å². The topological polar surface area (TPSA) is 92.5 Å².